The van der Waals surface area contributed by atoms with E-state index in [4.69, 9.17) is 40.3 Å². The molecule has 2 saturated heterocycles. The lowest BCUT2D eigenvalue weighted by Gasteiger charge is -2.35. The molecule has 8 atom stereocenters. The molecule has 8 rings (SSSR count). The number of benzene rings is 1. The van der Waals surface area contributed by atoms with Crippen LogP contribution in [0.5, 0.6) is 23.4 Å². The Labute approximate surface area is 354 Å². The SMILES string of the molecule is CC[C@@H]1C[C@]1(NC(=O)[C@@H]1C[C@@H](Oc2cc(Oc3ncc[nH]3)nc3c(Cl)c(OCCN4CCOCC4)ccc23)CN1C(=O)[C@@H](NC(=O)O[C@@H]1C[C@@H]2C[C@@H]2C1)C(C)(C)C)C(C)=O. The highest BCUT2D eigenvalue weighted by atomic mass is 35.5. The summed E-state index contributed by atoms with van der Waals surface area (Å²) in [6, 6.07) is 3.34. The first kappa shape index (κ1) is 42.0. The number of hydrogen-bond donors (Lipinski definition) is 3. The van der Waals surface area contributed by atoms with Gasteiger partial charge in [0.2, 0.25) is 17.7 Å². The van der Waals surface area contributed by atoms with E-state index in [0.29, 0.717) is 67.0 Å². The monoisotopic (exact) mass is 849 g/mol. The average molecular weight is 850 g/mol. The number of imidazole rings is 1. The zero-order valence-electron chi connectivity index (χ0n) is 35.0. The zero-order valence-corrected chi connectivity index (χ0v) is 35.7. The first-order valence-electron chi connectivity index (χ1n) is 21.2. The number of aromatic nitrogens is 3. The highest BCUT2D eigenvalue weighted by molar-refractivity contribution is 6.36. The van der Waals surface area contributed by atoms with Crippen molar-refractivity contribution in [1.29, 1.82) is 0 Å². The molecular formula is C43H56ClN7O9. The van der Waals surface area contributed by atoms with Crippen molar-refractivity contribution in [3.63, 3.8) is 0 Å². The number of carbonyl (C=O) groups excluding carboxylic acids is 4. The van der Waals surface area contributed by atoms with Crippen molar-refractivity contribution in [2.75, 3.05) is 46.0 Å². The molecule has 3 saturated carbocycles. The van der Waals surface area contributed by atoms with Crippen LogP contribution in [0.1, 0.15) is 73.1 Å². The molecule has 5 aliphatic rings. The van der Waals surface area contributed by atoms with Crippen molar-refractivity contribution in [2.24, 2.45) is 23.2 Å². The second kappa shape index (κ2) is 17.0. The number of morpholine rings is 1. The molecular weight excluding hydrogens is 794 g/mol. The molecule has 0 bridgehead atoms. The van der Waals surface area contributed by atoms with Crippen LogP contribution in [0.3, 0.4) is 0 Å². The summed E-state index contributed by atoms with van der Waals surface area (Å²) in [7, 11) is 0. The Bertz CT molecular complexity index is 2080. The molecule has 3 N–H and O–H groups in total. The number of rotatable bonds is 15. The van der Waals surface area contributed by atoms with E-state index in [2.05, 4.69) is 25.5 Å². The summed E-state index contributed by atoms with van der Waals surface area (Å²) in [6.45, 7) is 13.2. The largest absolute Gasteiger partial charge is 0.491 e. The van der Waals surface area contributed by atoms with E-state index in [-0.39, 0.29) is 47.7 Å². The number of nitrogens with one attached hydrogen (secondary N) is 3. The lowest BCUT2D eigenvalue weighted by molar-refractivity contribution is -0.142. The van der Waals surface area contributed by atoms with E-state index in [1.54, 1.807) is 30.6 Å². The van der Waals surface area contributed by atoms with E-state index >= 15 is 0 Å². The fourth-order valence-electron chi connectivity index (χ4n) is 9.19. The van der Waals surface area contributed by atoms with Gasteiger partial charge in [0.25, 0.3) is 6.01 Å². The summed E-state index contributed by atoms with van der Waals surface area (Å²) in [5, 5.41) is 6.71. The van der Waals surface area contributed by atoms with E-state index in [0.717, 1.165) is 32.4 Å². The molecule has 0 unspecified atom stereocenters. The van der Waals surface area contributed by atoms with E-state index < -0.39 is 47.0 Å². The number of Topliss-reactive ketones (excluding diaryl/α,β-unsaturated/α-hetero) is 1. The quantitative estimate of drug-likeness (QED) is 0.180. The minimum atomic E-state index is -1.03. The van der Waals surface area contributed by atoms with Crippen LogP contribution in [0.15, 0.2) is 30.6 Å². The number of ether oxygens (including phenoxy) is 5. The number of aromatic amines is 1. The first-order chi connectivity index (χ1) is 28.7. The molecule has 1 aromatic carbocycles. The highest BCUT2D eigenvalue weighted by Gasteiger charge is 2.59. The molecule has 4 heterocycles. The molecule has 0 spiro atoms. The number of amides is 3. The molecule has 324 valence electrons. The zero-order chi connectivity index (χ0) is 42.3. The third-order valence-corrected chi connectivity index (χ3v) is 13.2. The van der Waals surface area contributed by atoms with Crippen LogP contribution < -0.4 is 24.8 Å². The third-order valence-electron chi connectivity index (χ3n) is 12.8. The summed E-state index contributed by atoms with van der Waals surface area (Å²) in [4.78, 5) is 70.9. The number of ketones is 1. The third kappa shape index (κ3) is 9.01. The predicted molar refractivity (Wildman–Crippen MR) is 220 cm³/mol. The summed E-state index contributed by atoms with van der Waals surface area (Å²) in [6.07, 6.45) is 5.84. The van der Waals surface area contributed by atoms with E-state index in [1.807, 2.05) is 27.7 Å². The molecule has 2 aromatic heterocycles. The number of H-pyrrole nitrogens is 1. The number of nitrogens with zero attached hydrogens (tertiary/aromatic N) is 4. The predicted octanol–water partition coefficient (Wildman–Crippen LogP) is 5.28. The van der Waals surface area contributed by atoms with Gasteiger partial charge in [-0.15, -0.1) is 0 Å². The Balaban J connectivity index is 1.06. The van der Waals surface area contributed by atoms with Gasteiger partial charge in [-0.3, -0.25) is 19.3 Å². The second-order valence-corrected chi connectivity index (χ2v) is 18.4. The van der Waals surface area contributed by atoms with Crippen molar-refractivity contribution >= 4 is 46.2 Å². The van der Waals surface area contributed by atoms with Crippen molar-refractivity contribution in [3.05, 3.63) is 35.6 Å². The first-order valence-corrected chi connectivity index (χ1v) is 21.6. The van der Waals surface area contributed by atoms with Crippen molar-refractivity contribution < 1.29 is 42.9 Å². The smallest absolute Gasteiger partial charge is 0.408 e. The van der Waals surface area contributed by atoms with Gasteiger partial charge in [0.05, 0.1) is 19.8 Å². The number of hydrogen-bond acceptors (Lipinski definition) is 12. The van der Waals surface area contributed by atoms with Crippen LogP contribution >= 0.6 is 11.6 Å². The molecule has 3 amide bonds. The summed E-state index contributed by atoms with van der Waals surface area (Å²) < 4.78 is 30.1. The number of pyridine rings is 1. The fraction of sp³-hybridized carbons (Fsp3) is 0.628. The molecule has 0 radical (unpaired) electrons. The number of halogens is 1. The minimum Gasteiger partial charge on any atom is -0.491 e. The summed E-state index contributed by atoms with van der Waals surface area (Å²) in [5.41, 5.74) is -1.38. The van der Waals surface area contributed by atoms with Gasteiger partial charge in [-0.05, 0) is 67.9 Å². The highest BCUT2D eigenvalue weighted by Crippen LogP contribution is 2.52. The van der Waals surface area contributed by atoms with Gasteiger partial charge in [-0.25, -0.2) is 14.8 Å². The van der Waals surface area contributed by atoms with Gasteiger partial charge in [-0.2, -0.15) is 0 Å². The fourth-order valence-corrected chi connectivity index (χ4v) is 9.45. The van der Waals surface area contributed by atoms with E-state index in [1.165, 1.54) is 18.2 Å². The summed E-state index contributed by atoms with van der Waals surface area (Å²) >= 11 is 7.00. The van der Waals surface area contributed by atoms with Crippen LogP contribution in [0.4, 0.5) is 4.79 Å². The molecule has 2 aliphatic heterocycles. The number of alkyl carbamates (subject to hydrolysis) is 1. The molecule has 5 fully saturated rings. The Hall–Kier alpha value is -4.67. The molecule has 16 nitrogen and oxygen atoms in total. The van der Waals surface area contributed by atoms with Crippen molar-refractivity contribution in [1.82, 2.24) is 35.4 Å². The van der Waals surface area contributed by atoms with Crippen molar-refractivity contribution in [3.8, 4) is 23.4 Å². The Morgan fingerprint density at radius 3 is 2.50 bits per heavy atom. The molecule has 17 heteroatoms. The molecule has 60 heavy (non-hydrogen) atoms. The minimum absolute atomic E-state index is 0.00511. The molecule has 3 aromatic rings. The Morgan fingerprint density at radius 1 is 1.07 bits per heavy atom. The van der Waals surface area contributed by atoms with Crippen molar-refractivity contribution in [2.45, 2.75) is 103 Å². The number of carbonyl (C=O) groups is 4. The Kier molecular flexibility index (Phi) is 11.9. The van der Waals surface area contributed by atoms with Crippen LogP contribution in [0, 0.1) is 23.2 Å². The average Bonchev–Trinajstić information content (AvgIpc) is 3.85. The lowest BCUT2D eigenvalue weighted by atomic mass is 9.85. The maximum absolute atomic E-state index is 14.8. The van der Waals surface area contributed by atoms with Crippen LogP contribution in [0.2, 0.25) is 5.02 Å². The second-order valence-electron chi connectivity index (χ2n) is 18.0. The van der Waals surface area contributed by atoms with Gasteiger partial charge in [0.1, 0.15) is 58.5 Å². The lowest BCUT2D eigenvalue weighted by Crippen LogP contribution is -2.59. The maximum atomic E-state index is 14.8. The molecule has 3 aliphatic carbocycles. The van der Waals surface area contributed by atoms with E-state index in [9.17, 15) is 19.2 Å². The maximum Gasteiger partial charge on any atom is 0.408 e. The standard InChI is InChI=1S/C43H56ClN7O9/c1-6-27-22-43(27,24(2)52)49-38(53)31-20-29(23-51(31)39(54)37(42(3,4)5)48-41(55)59-28-18-25-17-26(25)19-28)58-33-21-34(60-40-45-9-10-46-40)47-36-30(33)7-8-32(35(36)44)57-16-13-50-11-14-56-15-12-50/h7-10,21,25-29,31,37H,6,11-20,22-23H2,1-5H3,(H,45,46)(H,48,55)(H,49,53)/t25-,26+,27-,28+,29-,31+,37-,43+/m1/s1. The van der Waals surface area contributed by atoms with Gasteiger partial charge < -0.3 is 44.2 Å². The Morgan fingerprint density at radius 2 is 1.83 bits per heavy atom. The van der Waals surface area contributed by atoms with Gasteiger partial charge in [0.15, 0.2) is 5.78 Å². The topological polar surface area (TPSA) is 187 Å². The van der Waals surface area contributed by atoms with Gasteiger partial charge >= 0.3 is 6.09 Å². The van der Waals surface area contributed by atoms with Gasteiger partial charge in [0, 0.05) is 49.9 Å². The van der Waals surface area contributed by atoms with Crippen LogP contribution in [-0.2, 0) is 23.9 Å². The summed E-state index contributed by atoms with van der Waals surface area (Å²) in [5.74, 6) is 1.12. The van der Waals surface area contributed by atoms with Crippen LogP contribution in [0.25, 0.3) is 10.9 Å². The number of fused-ring (bicyclic) bond motifs is 2. The number of likely N-dealkylation sites (tertiary alicyclic amines) is 1. The normalized spacial score (nSPS) is 27.8. The van der Waals surface area contributed by atoms with Gasteiger partial charge in [-0.1, -0.05) is 45.7 Å². The van der Waals surface area contributed by atoms with Crippen LogP contribution in [-0.4, -0.2) is 124 Å².